The van der Waals surface area contributed by atoms with E-state index in [1.54, 1.807) is 18.2 Å². The third kappa shape index (κ3) is 4.18. The fourth-order valence-electron chi connectivity index (χ4n) is 2.77. The summed E-state index contributed by atoms with van der Waals surface area (Å²) in [4.78, 5) is 0.157. The van der Waals surface area contributed by atoms with Gasteiger partial charge in [0.2, 0.25) is 10.0 Å². The van der Waals surface area contributed by atoms with Crippen LogP contribution in [0.4, 0.5) is 0 Å². The van der Waals surface area contributed by atoms with Gasteiger partial charge in [0.05, 0.1) is 7.11 Å². The van der Waals surface area contributed by atoms with E-state index in [9.17, 15) is 8.42 Å². The second-order valence-corrected chi connectivity index (χ2v) is 7.49. The van der Waals surface area contributed by atoms with Crippen molar-refractivity contribution in [3.8, 4) is 5.75 Å². The molecule has 1 aliphatic rings. The van der Waals surface area contributed by atoms with Gasteiger partial charge in [0.15, 0.2) is 0 Å². The highest BCUT2D eigenvalue weighted by atomic mass is 32.2. The first-order valence-electron chi connectivity index (χ1n) is 7.38. The van der Waals surface area contributed by atoms with E-state index in [2.05, 4.69) is 4.72 Å². The lowest BCUT2D eigenvalue weighted by Gasteiger charge is -2.28. The van der Waals surface area contributed by atoms with Crippen molar-refractivity contribution in [3.05, 3.63) is 24.3 Å². The maximum Gasteiger partial charge on any atom is 0.244 e. The molecule has 0 heterocycles. The SMILES string of the molecule is COc1ccccc1S(=O)(=O)NCC1(N)CCCCCC1. The summed E-state index contributed by atoms with van der Waals surface area (Å²) in [6, 6.07) is 6.60. The van der Waals surface area contributed by atoms with E-state index in [1.165, 1.54) is 26.0 Å². The van der Waals surface area contributed by atoms with Gasteiger partial charge in [-0.3, -0.25) is 0 Å². The molecule has 0 aliphatic heterocycles. The van der Waals surface area contributed by atoms with Crippen molar-refractivity contribution in [1.29, 1.82) is 0 Å². The first-order chi connectivity index (χ1) is 9.97. The molecular weight excluding hydrogens is 288 g/mol. The zero-order valence-corrected chi connectivity index (χ0v) is 13.3. The third-order valence-corrected chi connectivity index (χ3v) is 5.51. The molecule has 0 bridgehead atoms. The summed E-state index contributed by atoms with van der Waals surface area (Å²) < 4.78 is 32.6. The summed E-state index contributed by atoms with van der Waals surface area (Å²) in [6.45, 7) is 0.271. The number of para-hydroxylation sites is 1. The van der Waals surface area contributed by atoms with E-state index in [0.29, 0.717) is 5.75 Å². The maximum absolute atomic E-state index is 12.4. The normalized spacial score (nSPS) is 19.0. The molecule has 0 spiro atoms. The van der Waals surface area contributed by atoms with Crippen LogP contribution in [0, 0.1) is 0 Å². The van der Waals surface area contributed by atoms with Crippen LogP contribution in [-0.4, -0.2) is 27.6 Å². The topological polar surface area (TPSA) is 81.4 Å². The van der Waals surface area contributed by atoms with E-state index in [-0.39, 0.29) is 11.4 Å². The lowest BCUT2D eigenvalue weighted by Crippen LogP contribution is -2.49. The second kappa shape index (κ2) is 6.77. The number of nitrogens with two attached hydrogens (primary N) is 1. The molecule has 1 saturated carbocycles. The van der Waals surface area contributed by atoms with E-state index >= 15 is 0 Å². The number of sulfonamides is 1. The van der Waals surface area contributed by atoms with E-state index in [4.69, 9.17) is 10.5 Å². The van der Waals surface area contributed by atoms with Gasteiger partial charge in [-0.25, -0.2) is 13.1 Å². The second-order valence-electron chi connectivity index (χ2n) is 5.75. The van der Waals surface area contributed by atoms with Crippen molar-refractivity contribution in [3.63, 3.8) is 0 Å². The molecule has 0 radical (unpaired) electrons. The zero-order valence-electron chi connectivity index (χ0n) is 12.5. The summed E-state index contributed by atoms with van der Waals surface area (Å²) in [7, 11) is -2.15. The predicted octanol–water partition coefficient (Wildman–Crippen LogP) is 2.03. The molecule has 1 aromatic carbocycles. The Labute approximate surface area is 126 Å². The fraction of sp³-hybridized carbons (Fsp3) is 0.600. The summed E-state index contributed by atoms with van der Waals surface area (Å²) in [5, 5.41) is 0. The highest BCUT2D eigenvalue weighted by Gasteiger charge is 2.29. The molecule has 0 atom stereocenters. The van der Waals surface area contributed by atoms with Crippen LogP contribution in [0.25, 0.3) is 0 Å². The lowest BCUT2D eigenvalue weighted by molar-refractivity contribution is 0.368. The molecule has 2 rings (SSSR count). The molecule has 0 unspecified atom stereocenters. The highest BCUT2D eigenvalue weighted by molar-refractivity contribution is 7.89. The smallest absolute Gasteiger partial charge is 0.244 e. The minimum atomic E-state index is -3.61. The minimum absolute atomic E-state index is 0.157. The largest absolute Gasteiger partial charge is 0.495 e. The molecule has 1 aromatic rings. The van der Waals surface area contributed by atoms with Crippen LogP contribution in [-0.2, 0) is 10.0 Å². The molecule has 0 amide bonds. The predicted molar refractivity (Wildman–Crippen MR) is 82.8 cm³/mol. The van der Waals surface area contributed by atoms with Crippen LogP contribution in [0.5, 0.6) is 5.75 Å². The van der Waals surface area contributed by atoms with Gasteiger partial charge >= 0.3 is 0 Å². The van der Waals surface area contributed by atoms with E-state index in [0.717, 1.165) is 25.7 Å². The molecule has 1 aliphatic carbocycles. The number of benzene rings is 1. The molecule has 5 nitrogen and oxygen atoms in total. The first kappa shape index (κ1) is 16.3. The van der Waals surface area contributed by atoms with Crippen molar-refractivity contribution in [1.82, 2.24) is 4.72 Å². The Morgan fingerprint density at radius 1 is 1.19 bits per heavy atom. The quantitative estimate of drug-likeness (QED) is 0.815. The van der Waals surface area contributed by atoms with Crippen LogP contribution in [0.15, 0.2) is 29.2 Å². The fourth-order valence-corrected chi connectivity index (χ4v) is 4.07. The van der Waals surface area contributed by atoms with E-state index < -0.39 is 15.6 Å². The summed E-state index contributed by atoms with van der Waals surface area (Å²) >= 11 is 0. The van der Waals surface area contributed by atoms with Crippen molar-refractivity contribution >= 4 is 10.0 Å². The summed E-state index contributed by atoms with van der Waals surface area (Å²) in [5.74, 6) is 0.344. The van der Waals surface area contributed by atoms with Gasteiger partial charge in [-0.15, -0.1) is 0 Å². The number of hydrogen-bond acceptors (Lipinski definition) is 4. The van der Waals surface area contributed by atoms with Crippen molar-refractivity contribution < 1.29 is 13.2 Å². The van der Waals surface area contributed by atoms with Crippen LogP contribution in [0.2, 0.25) is 0 Å². The minimum Gasteiger partial charge on any atom is -0.495 e. The average molecular weight is 312 g/mol. The van der Waals surface area contributed by atoms with Gasteiger partial charge < -0.3 is 10.5 Å². The van der Waals surface area contributed by atoms with Gasteiger partial charge in [0, 0.05) is 12.1 Å². The van der Waals surface area contributed by atoms with Crippen molar-refractivity contribution in [2.75, 3.05) is 13.7 Å². The maximum atomic E-state index is 12.4. The van der Waals surface area contributed by atoms with Crippen molar-refractivity contribution in [2.45, 2.75) is 49.0 Å². The van der Waals surface area contributed by atoms with Gasteiger partial charge in [-0.05, 0) is 25.0 Å². The molecule has 0 saturated heterocycles. The molecule has 21 heavy (non-hydrogen) atoms. The monoisotopic (exact) mass is 312 g/mol. The lowest BCUT2D eigenvalue weighted by atomic mass is 9.92. The highest BCUT2D eigenvalue weighted by Crippen LogP contribution is 2.26. The summed E-state index contributed by atoms with van der Waals surface area (Å²) in [6.07, 6.45) is 6.21. The Bertz CT molecular complexity index is 564. The van der Waals surface area contributed by atoms with Gasteiger partial charge in [-0.2, -0.15) is 0 Å². The molecule has 6 heteroatoms. The Hall–Kier alpha value is -1.11. The first-order valence-corrected chi connectivity index (χ1v) is 8.87. The van der Waals surface area contributed by atoms with Gasteiger partial charge in [0.25, 0.3) is 0 Å². The molecular formula is C15H24N2O3S. The van der Waals surface area contributed by atoms with Crippen LogP contribution >= 0.6 is 0 Å². The number of hydrogen-bond donors (Lipinski definition) is 2. The van der Waals surface area contributed by atoms with Gasteiger partial charge in [-0.1, -0.05) is 37.8 Å². The van der Waals surface area contributed by atoms with Crippen LogP contribution in [0.1, 0.15) is 38.5 Å². The number of nitrogens with one attached hydrogen (secondary N) is 1. The Morgan fingerprint density at radius 2 is 1.81 bits per heavy atom. The molecule has 3 N–H and O–H groups in total. The Kier molecular flexibility index (Phi) is 5.24. The zero-order chi connectivity index (χ0) is 15.3. The number of methoxy groups -OCH3 is 1. The summed E-state index contributed by atoms with van der Waals surface area (Å²) in [5.41, 5.74) is 5.92. The number of ether oxygens (including phenoxy) is 1. The van der Waals surface area contributed by atoms with Crippen molar-refractivity contribution in [2.24, 2.45) is 5.73 Å². The Balaban J connectivity index is 2.10. The third-order valence-electron chi connectivity index (χ3n) is 4.07. The van der Waals surface area contributed by atoms with Crippen LogP contribution < -0.4 is 15.2 Å². The molecule has 1 fully saturated rings. The molecule has 0 aromatic heterocycles. The van der Waals surface area contributed by atoms with Crippen LogP contribution in [0.3, 0.4) is 0 Å². The standard InChI is InChI=1S/C15H24N2O3S/c1-20-13-8-4-5-9-14(13)21(18,19)17-12-15(16)10-6-2-3-7-11-15/h4-5,8-9,17H,2-3,6-7,10-12,16H2,1H3. The van der Waals surface area contributed by atoms with E-state index in [1.807, 2.05) is 0 Å². The van der Waals surface area contributed by atoms with Gasteiger partial charge in [0.1, 0.15) is 10.6 Å². The Morgan fingerprint density at radius 3 is 2.43 bits per heavy atom. The average Bonchev–Trinajstić information content (AvgIpc) is 2.71. The number of rotatable bonds is 5. The molecule has 118 valence electrons.